The van der Waals surface area contributed by atoms with Crippen LogP contribution in [0.2, 0.25) is 19.1 Å². The molecule has 0 amide bonds. The van der Waals surface area contributed by atoms with E-state index in [0.717, 1.165) is 18.9 Å². The minimum Gasteiger partial charge on any atom is -0.457 e. The Morgan fingerprint density at radius 1 is 1.00 bits per heavy atom. The average molecular weight is 601 g/mol. The van der Waals surface area contributed by atoms with Gasteiger partial charge in [0.2, 0.25) is 0 Å². The van der Waals surface area contributed by atoms with Crippen LogP contribution in [0.1, 0.15) is 115 Å². The van der Waals surface area contributed by atoms with Gasteiger partial charge in [-0.05, 0) is 75.8 Å². The highest BCUT2D eigenvalue weighted by Gasteiger charge is 2.29. The lowest BCUT2D eigenvalue weighted by Crippen LogP contribution is -2.43. The lowest BCUT2D eigenvalue weighted by molar-refractivity contribution is -0.266. The van der Waals surface area contributed by atoms with Crippen LogP contribution in [0.5, 0.6) is 0 Å². The van der Waals surface area contributed by atoms with Gasteiger partial charge < -0.3 is 18.9 Å². The largest absolute Gasteiger partial charge is 0.457 e. The molecule has 42 heavy (non-hydrogen) atoms. The molecule has 1 saturated carbocycles. The molecule has 0 unspecified atom stereocenters. The maximum absolute atomic E-state index is 12.3. The van der Waals surface area contributed by atoms with Crippen LogP contribution in [0.25, 0.3) is 0 Å². The van der Waals surface area contributed by atoms with Gasteiger partial charge in [-0.1, -0.05) is 94.6 Å². The van der Waals surface area contributed by atoms with E-state index in [9.17, 15) is 4.79 Å². The first-order valence-electron chi connectivity index (χ1n) is 16.8. The van der Waals surface area contributed by atoms with Crippen molar-refractivity contribution in [2.24, 2.45) is 11.8 Å². The Bertz CT molecular complexity index is 969. The number of esters is 1. The van der Waals surface area contributed by atoms with E-state index in [1.807, 2.05) is 13.8 Å². The van der Waals surface area contributed by atoms with Crippen LogP contribution in [0.3, 0.4) is 0 Å². The van der Waals surface area contributed by atoms with E-state index in [2.05, 4.69) is 44.8 Å². The monoisotopic (exact) mass is 600 g/mol. The van der Waals surface area contributed by atoms with Gasteiger partial charge in [0.1, 0.15) is 6.61 Å². The maximum Gasteiger partial charge on any atom is 0.333 e. The summed E-state index contributed by atoms with van der Waals surface area (Å²) < 4.78 is 23.1. The van der Waals surface area contributed by atoms with Crippen LogP contribution in [0.15, 0.2) is 30.4 Å². The number of hydrogen-bond acceptors (Lipinski definition) is 5. The molecule has 1 heterocycles. The summed E-state index contributed by atoms with van der Waals surface area (Å²) >= 11 is 0. The van der Waals surface area contributed by atoms with Crippen LogP contribution in [-0.4, -0.2) is 46.3 Å². The lowest BCUT2D eigenvalue weighted by atomic mass is 9.77. The van der Waals surface area contributed by atoms with E-state index in [0.29, 0.717) is 43.8 Å². The summed E-state index contributed by atoms with van der Waals surface area (Å²) in [6, 6.07) is 8.38. The summed E-state index contributed by atoms with van der Waals surface area (Å²) in [5.74, 6) is 1.09. The van der Waals surface area contributed by atoms with Crippen LogP contribution in [-0.2, 0) is 30.3 Å². The van der Waals surface area contributed by atoms with Crippen molar-refractivity contribution in [3.8, 4) is 0 Å². The Kier molecular flexibility index (Phi) is 14.3. The third-order valence-corrected chi connectivity index (χ3v) is 12.9. The second-order valence-electron chi connectivity index (χ2n) is 14.1. The van der Waals surface area contributed by atoms with Gasteiger partial charge in [-0.3, -0.25) is 0 Å². The van der Waals surface area contributed by atoms with Gasteiger partial charge in [0.25, 0.3) is 0 Å². The van der Waals surface area contributed by atoms with Crippen molar-refractivity contribution in [1.82, 2.24) is 0 Å². The Morgan fingerprint density at radius 3 is 2.38 bits per heavy atom. The molecule has 0 atom stereocenters. The van der Waals surface area contributed by atoms with Crippen molar-refractivity contribution < 1.29 is 23.7 Å². The first kappa shape index (κ1) is 35.0. The minimum absolute atomic E-state index is 0.298. The van der Waals surface area contributed by atoms with E-state index in [1.54, 1.807) is 6.92 Å². The number of unbranched alkanes of at least 4 members (excludes halogenated alkanes) is 4. The van der Waals surface area contributed by atoms with Crippen LogP contribution >= 0.6 is 0 Å². The zero-order valence-corrected chi connectivity index (χ0v) is 28.7. The third-order valence-electron chi connectivity index (χ3n) is 9.38. The molecule has 0 bridgehead atoms. The topological polar surface area (TPSA) is 54.0 Å². The van der Waals surface area contributed by atoms with E-state index < -0.39 is 13.9 Å². The Hall–Kier alpha value is -1.47. The molecule has 2 aliphatic rings. The van der Waals surface area contributed by atoms with Gasteiger partial charge in [0, 0.05) is 18.1 Å². The molecule has 0 radical (unpaired) electrons. The summed E-state index contributed by atoms with van der Waals surface area (Å²) in [4.78, 5) is 12.3. The predicted molar refractivity (Wildman–Crippen MR) is 176 cm³/mol. The molecule has 238 valence electrons. The molecular formula is C36H60O5Si. The first-order valence-corrected chi connectivity index (χ1v) is 20.0. The fourth-order valence-corrected chi connectivity index (χ4v) is 9.49. The second-order valence-corrected chi connectivity index (χ2v) is 19.0. The van der Waals surface area contributed by atoms with Crippen molar-refractivity contribution in [2.45, 2.75) is 136 Å². The van der Waals surface area contributed by atoms with Gasteiger partial charge in [-0.25, -0.2) is 4.79 Å². The fraction of sp³-hybridized carbons (Fsp3) is 0.750. The molecule has 5 nitrogen and oxygen atoms in total. The van der Waals surface area contributed by atoms with Gasteiger partial charge >= 0.3 is 5.97 Å². The highest BCUT2D eigenvalue weighted by atomic mass is 28.3. The number of ether oxygens (including phenoxy) is 4. The van der Waals surface area contributed by atoms with Crippen molar-refractivity contribution in [3.63, 3.8) is 0 Å². The Morgan fingerprint density at radius 2 is 1.71 bits per heavy atom. The van der Waals surface area contributed by atoms with Crippen LogP contribution in [0.4, 0.5) is 0 Å². The van der Waals surface area contributed by atoms with Crippen LogP contribution < -0.4 is 5.19 Å². The minimum atomic E-state index is -1.72. The predicted octanol–water partition coefficient (Wildman–Crippen LogP) is 8.66. The van der Waals surface area contributed by atoms with E-state index in [1.165, 1.54) is 86.6 Å². The maximum atomic E-state index is 12.3. The smallest absolute Gasteiger partial charge is 0.333 e. The van der Waals surface area contributed by atoms with Crippen LogP contribution in [0, 0.1) is 11.8 Å². The van der Waals surface area contributed by atoms with Crippen molar-refractivity contribution in [2.75, 3.05) is 26.4 Å². The van der Waals surface area contributed by atoms with Crippen molar-refractivity contribution in [1.29, 1.82) is 0 Å². The zero-order chi connectivity index (χ0) is 30.6. The first-order chi connectivity index (χ1) is 20.0. The molecule has 1 saturated heterocycles. The molecule has 1 aromatic carbocycles. The number of rotatable bonds is 17. The summed E-state index contributed by atoms with van der Waals surface area (Å²) in [6.07, 6.45) is 14.2. The van der Waals surface area contributed by atoms with Gasteiger partial charge in [0.05, 0.1) is 27.9 Å². The molecule has 1 aliphatic heterocycles. The highest BCUT2D eigenvalue weighted by molar-refractivity contribution is 6.90. The number of hydrogen-bond donors (Lipinski definition) is 0. The van der Waals surface area contributed by atoms with E-state index >= 15 is 0 Å². The summed E-state index contributed by atoms with van der Waals surface area (Å²) in [5, 5.41) is 1.44. The molecule has 1 aromatic rings. The normalized spacial score (nSPS) is 21.3. The zero-order valence-electron chi connectivity index (χ0n) is 27.7. The molecular weight excluding hydrogens is 540 g/mol. The molecule has 3 rings (SSSR count). The third kappa shape index (κ3) is 11.6. The lowest BCUT2D eigenvalue weighted by Gasteiger charge is -2.34. The quantitative estimate of drug-likeness (QED) is 0.0775. The van der Waals surface area contributed by atoms with Crippen molar-refractivity contribution in [3.05, 3.63) is 41.5 Å². The van der Waals surface area contributed by atoms with E-state index in [4.69, 9.17) is 18.9 Å². The number of benzene rings is 1. The summed E-state index contributed by atoms with van der Waals surface area (Å²) in [7, 11) is -1.72. The second kappa shape index (κ2) is 17.1. The molecule has 2 fully saturated rings. The summed E-state index contributed by atoms with van der Waals surface area (Å²) in [5.41, 5.74) is 3.11. The summed E-state index contributed by atoms with van der Waals surface area (Å²) in [6.45, 7) is 19.9. The highest BCUT2D eigenvalue weighted by Crippen LogP contribution is 2.38. The average Bonchev–Trinajstić information content (AvgIpc) is 2.96. The Balaban J connectivity index is 1.51. The fourth-order valence-electron chi connectivity index (χ4n) is 6.54. The molecule has 0 aromatic heterocycles. The number of carbonyl (C=O) groups is 1. The standard InChI is InChI=1S/C36H60O5Si/c1-8-9-11-14-29-15-17-31(18-16-29)32-19-20-34(33(23-32)27-39-35(37)28(2)3)42(6,7)22-13-10-12-21-38-24-30-25-40-36(4,5)41-26-30/h19-20,23,29-31H,2,8-18,21-22,24-27H2,1,3-7H3. The van der Waals surface area contributed by atoms with Gasteiger partial charge in [-0.2, -0.15) is 0 Å². The molecule has 0 spiro atoms. The molecule has 0 N–H and O–H groups in total. The Labute approximate surface area is 258 Å². The molecule has 6 heteroatoms. The number of carbonyl (C=O) groups excluding carboxylic acids is 1. The van der Waals surface area contributed by atoms with Gasteiger partial charge in [-0.15, -0.1) is 0 Å². The van der Waals surface area contributed by atoms with Gasteiger partial charge in [0.15, 0.2) is 5.79 Å². The van der Waals surface area contributed by atoms with E-state index in [-0.39, 0.29) is 5.97 Å². The van der Waals surface area contributed by atoms with Crippen molar-refractivity contribution >= 4 is 19.2 Å². The molecule has 1 aliphatic carbocycles. The SMILES string of the molecule is C=C(C)C(=O)OCc1cc(C2CCC(CCCCC)CC2)ccc1[Si](C)(C)CCCCCOCC1COC(C)(C)OC1.